The monoisotopic (exact) mass is 207 g/mol. The van der Waals surface area contributed by atoms with Gasteiger partial charge in [0.25, 0.3) is 0 Å². The maximum Gasteiger partial charge on any atom is 0.105 e. The van der Waals surface area contributed by atoms with Crippen molar-refractivity contribution in [1.82, 2.24) is 5.32 Å². The van der Waals surface area contributed by atoms with Gasteiger partial charge in [0.05, 0.1) is 6.26 Å². The van der Waals surface area contributed by atoms with Crippen molar-refractivity contribution < 1.29 is 4.42 Å². The van der Waals surface area contributed by atoms with Crippen molar-refractivity contribution in [3.8, 4) is 0 Å². The average molecular weight is 207 g/mol. The van der Waals surface area contributed by atoms with Crippen LogP contribution in [-0.2, 0) is 6.42 Å². The second-order valence-electron chi connectivity index (χ2n) is 4.57. The van der Waals surface area contributed by atoms with E-state index in [0.29, 0.717) is 0 Å². The molecule has 2 unspecified atom stereocenters. The quantitative estimate of drug-likeness (QED) is 0.803. The van der Waals surface area contributed by atoms with E-state index in [4.69, 9.17) is 4.42 Å². The zero-order chi connectivity index (χ0) is 10.5. The molecule has 1 aliphatic rings. The Hall–Kier alpha value is -0.760. The van der Waals surface area contributed by atoms with E-state index in [1.165, 1.54) is 25.7 Å². The first kappa shape index (κ1) is 10.7. The molecule has 1 heterocycles. The van der Waals surface area contributed by atoms with Crippen molar-refractivity contribution in [1.29, 1.82) is 0 Å². The molecular weight excluding hydrogens is 186 g/mol. The minimum absolute atomic E-state index is 0.755. The lowest BCUT2D eigenvalue weighted by Gasteiger charge is -2.11. The predicted octanol–water partition coefficient (Wildman–Crippen LogP) is 2.99. The fourth-order valence-corrected chi connectivity index (χ4v) is 2.49. The minimum atomic E-state index is 0.755. The van der Waals surface area contributed by atoms with E-state index in [-0.39, 0.29) is 0 Å². The van der Waals surface area contributed by atoms with Gasteiger partial charge in [0.1, 0.15) is 5.76 Å². The van der Waals surface area contributed by atoms with Crippen molar-refractivity contribution >= 4 is 0 Å². The highest BCUT2D eigenvalue weighted by Gasteiger charge is 2.22. The summed E-state index contributed by atoms with van der Waals surface area (Å²) in [5.74, 6) is 2.05. The van der Waals surface area contributed by atoms with Crippen LogP contribution < -0.4 is 5.32 Å². The fraction of sp³-hybridized carbons (Fsp3) is 0.692. The van der Waals surface area contributed by atoms with Gasteiger partial charge in [-0.3, -0.25) is 0 Å². The number of rotatable bonds is 5. The highest BCUT2D eigenvalue weighted by molar-refractivity contribution is 4.98. The first-order chi connectivity index (χ1) is 7.38. The van der Waals surface area contributed by atoms with E-state index in [2.05, 4.69) is 12.2 Å². The second kappa shape index (κ2) is 5.36. The summed E-state index contributed by atoms with van der Waals surface area (Å²) in [6, 6.07) is 4.76. The van der Waals surface area contributed by atoms with E-state index in [1.807, 2.05) is 12.1 Å². The van der Waals surface area contributed by atoms with Gasteiger partial charge < -0.3 is 9.73 Å². The Kier molecular flexibility index (Phi) is 3.84. The zero-order valence-corrected chi connectivity index (χ0v) is 9.54. The van der Waals surface area contributed by atoms with Gasteiger partial charge in [0, 0.05) is 19.0 Å². The molecule has 2 rings (SSSR count). The molecule has 0 spiro atoms. The molecule has 2 atom stereocenters. The highest BCUT2D eigenvalue weighted by atomic mass is 16.3. The Morgan fingerprint density at radius 2 is 2.40 bits per heavy atom. The molecule has 1 aromatic rings. The van der Waals surface area contributed by atoms with Crippen LogP contribution >= 0.6 is 0 Å². The third-order valence-corrected chi connectivity index (χ3v) is 3.50. The summed E-state index contributed by atoms with van der Waals surface area (Å²) in [6.45, 7) is 3.35. The SMILES string of the molecule is CCC1CCC(NCCc2ccco2)C1. The summed E-state index contributed by atoms with van der Waals surface area (Å²) in [4.78, 5) is 0. The molecule has 0 amide bonds. The third kappa shape index (κ3) is 3.10. The molecule has 1 N–H and O–H groups in total. The lowest BCUT2D eigenvalue weighted by Crippen LogP contribution is -2.28. The van der Waals surface area contributed by atoms with Crippen LogP contribution in [0.2, 0.25) is 0 Å². The summed E-state index contributed by atoms with van der Waals surface area (Å²) >= 11 is 0. The summed E-state index contributed by atoms with van der Waals surface area (Å²) in [5.41, 5.74) is 0. The smallest absolute Gasteiger partial charge is 0.105 e. The zero-order valence-electron chi connectivity index (χ0n) is 9.54. The van der Waals surface area contributed by atoms with Gasteiger partial charge >= 0.3 is 0 Å². The van der Waals surface area contributed by atoms with E-state index in [1.54, 1.807) is 6.26 Å². The molecule has 1 fully saturated rings. The first-order valence-electron chi connectivity index (χ1n) is 6.14. The molecule has 1 saturated carbocycles. The van der Waals surface area contributed by atoms with Crippen molar-refractivity contribution in [3.63, 3.8) is 0 Å². The normalized spacial score (nSPS) is 25.9. The maximum absolute atomic E-state index is 5.30. The van der Waals surface area contributed by atoms with E-state index in [0.717, 1.165) is 30.7 Å². The average Bonchev–Trinajstić information content (AvgIpc) is 2.88. The summed E-state index contributed by atoms with van der Waals surface area (Å²) in [5, 5.41) is 3.62. The van der Waals surface area contributed by atoms with Crippen LogP contribution in [0.4, 0.5) is 0 Å². The molecule has 2 heteroatoms. The van der Waals surface area contributed by atoms with Crippen molar-refractivity contribution in [2.75, 3.05) is 6.54 Å². The molecular formula is C13H21NO. The lowest BCUT2D eigenvalue weighted by atomic mass is 10.1. The van der Waals surface area contributed by atoms with Gasteiger partial charge in [-0.25, -0.2) is 0 Å². The van der Waals surface area contributed by atoms with Crippen LogP contribution in [-0.4, -0.2) is 12.6 Å². The maximum atomic E-state index is 5.30. The minimum Gasteiger partial charge on any atom is -0.469 e. The summed E-state index contributed by atoms with van der Waals surface area (Å²) in [7, 11) is 0. The lowest BCUT2D eigenvalue weighted by molar-refractivity contribution is 0.457. The molecule has 1 aliphatic carbocycles. The van der Waals surface area contributed by atoms with Crippen LogP contribution in [0.3, 0.4) is 0 Å². The Bertz CT molecular complexity index is 268. The van der Waals surface area contributed by atoms with Crippen LogP contribution in [0.1, 0.15) is 38.4 Å². The summed E-state index contributed by atoms with van der Waals surface area (Å²) in [6.07, 6.45) is 8.24. The molecule has 0 aromatic carbocycles. The Balaban J connectivity index is 1.63. The standard InChI is InChI=1S/C13H21NO/c1-2-11-5-6-12(10-11)14-8-7-13-4-3-9-15-13/h3-4,9,11-12,14H,2,5-8,10H2,1H3. The van der Waals surface area contributed by atoms with Crippen LogP contribution in [0, 0.1) is 5.92 Å². The first-order valence-corrected chi connectivity index (χ1v) is 6.14. The molecule has 2 nitrogen and oxygen atoms in total. The van der Waals surface area contributed by atoms with Gasteiger partial charge in [-0.05, 0) is 37.3 Å². The second-order valence-corrected chi connectivity index (χ2v) is 4.57. The van der Waals surface area contributed by atoms with E-state index < -0.39 is 0 Å². The molecule has 0 aliphatic heterocycles. The molecule has 84 valence electrons. The topological polar surface area (TPSA) is 25.2 Å². The van der Waals surface area contributed by atoms with Crippen molar-refractivity contribution in [2.24, 2.45) is 5.92 Å². The predicted molar refractivity (Wildman–Crippen MR) is 61.8 cm³/mol. The molecule has 0 bridgehead atoms. The number of nitrogens with one attached hydrogen (secondary N) is 1. The van der Waals surface area contributed by atoms with Crippen LogP contribution in [0.5, 0.6) is 0 Å². The van der Waals surface area contributed by atoms with E-state index in [9.17, 15) is 0 Å². The molecule has 15 heavy (non-hydrogen) atoms. The highest BCUT2D eigenvalue weighted by Crippen LogP contribution is 2.27. The number of hydrogen-bond donors (Lipinski definition) is 1. The fourth-order valence-electron chi connectivity index (χ4n) is 2.49. The number of furan rings is 1. The Labute approximate surface area is 92.1 Å². The van der Waals surface area contributed by atoms with Crippen molar-refractivity contribution in [2.45, 2.75) is 45.1 Å². The van der Waals surface area contributed by atoms with Crippen LogP contribution in [0.15, 0.2) is 22.8 Å². The Morgan fingerprint density at radius 3 is 3.07 bits per heavy atom. The molecule has 0 radical (unpaired) electrons. The van der Waals surface area contributed by atoms with Gasteiger partial charge in [0.15, 0.2) is 0 Å². The molecule has 0 saturated heterocycles. The van der Waals surface area contributed by atoms with Gasteiger partial charge in [-0.15, -0.1) is 0 Å². The van der Waals surface area contributed by atoms with Gasteiger partial charge in [-0.1, -0.05) is 13.3 Å². The van der Waals surface area contributed by atoms with Crippen LogP contribution in [0.25, 0.3) is 0 Å². The number of hydrogen-bond acceptors (Lipinski definition) is 2. The van der Waals surface area contributed by atoms with Gasteiger partial charge in [-0.2, -0.15) is 0 Å². The molecule has 1 aromatic heterocycles. The third-order valence-electron chi connectivity index (χ3n) is 3.50. The summed E-state index contributed by atoms with van der Waals surface area (Å²) < 4.78 is 5.30. The largest absolute Gasteiger partial charge is 0.469 e. The van der Waals surface area contributed by atoms with E-state index >= 15 is 0 Å². The Morgan fingerprint density at radius 1 is 1.47 bits per heavy atom. The van der Waals surface area contributed by atoms with Crippen molar-refractivity contribution in [3.05, 3.63) is 24.2 Å². The van der Waals surface area contributed by atoms with Gasteiger partial charge in [0.2, 0.25) is 0 Å².